The summed E-state index contributed by atoms with van der Waals surface area (Å²) in [5, 5.41) is 0. The van der Waals surface area contributed by atoms with Crippen molar-refractivity contribution in [2.75, 3.05) is 7.11 Å². The first kappa shape index (κ1) is 11.7. The van der Waals surface area contributed by atoms with E-state index in [0.717, 1.165) is 12.8 Å². The molecule has 0 heterocycles. The Hall–Kier alpha value is -1.38. The monoisotopic (exact) mass is 208 g/mol. The largest absolute Gasteiger partial charge is 0.492 e. The van der Waals surface area contributed by atoms with Crippen LogP contribution in [0.4, 0.5) is 0 Å². The van der Waals surface area contributed by atoms with Gasteiger partial charge in [0.15, 0.2) is 11.5 Å². The highest BCUT2D eigenvalue weighted by Crippen LogP contribution is 2.22. The number of hydrogen-bond acceptors (Lipinski definition) is 3. The van der Waals surface area contributed by atoms with Gasteiger partial charge in [0.2, 0.25) is 5.78 Å². The summed E-state index contributed by atoms with van der Waals surface area (Å²) >= 11 is 0. The summed E-state index contributed by atoms with van der Waals surface area (Å²) in [5.41, 5.74) is 0.979. The molecule has 0 aliphatic heterocycles. The van der Waals surface area contributed by atoms with Crippen molar-refractivity contribution < 1.29 is 14.3 Å². The van der Waals surface area contributed by atoms with Gasteiger partial charge in [-0.1, -0.05) is 13.3 Å². The van der Waals surface area contributed by atoms with E-state index in [0.29, 0.717) is 17.6 Å². The van der Waals surface area contributed by atoms with E-state index in [1.54, 1.807) is 6.92 Å². The normalized spacial score (nSPS) is 16.9. The maximum absolute atomic E-state index is 11.8. The van der Waals surface area contributed by atoms with Crippen molar-refractivity contribution >= 4 is 11.6 Å². The number of methoxy groups -OCH3 is 1. The topological polar surface area (TPSA) is 43.4 Å². The molecule has 0 saturated carbocycles. The lowest BCUT2D eigenvalue weighted by molar-refractivity contribution is -0.118. The quantitative estimate of drug-likeness (QED) is 0.665. The highest BCUT2D eigenvalue weighted by Gasteiger charge is 2.26. The molecule has 0 amide bonds. The summed E-state index contributed by atoms with van der Waals surface area (Å²) in [6, 6.07) is 0. The van der Waals surface area contributed by atoms with Gasteiger partial charge in [-0.25, -0.2) is 0 Å². The fourth-order valence-electron chi connectivity index (χ4n) is 1.56. The van der Waals surface area contributed by atoms with Crippen molar-refractivity contribution in [3.05, 3.63) is 23.0 Å². The lowest BCUT2D eigenvalue weighted by Crippen LogP contribution is -2.19. The first-order chi connectivity index (χ1) is 7.11. The van der Waals surface area contributed by atoms with Crippen LogP contribution in [0.15, 0.2) is 23.0 Å². The Morgan fingerprint density at radius 3 is 2.53 bits per heavy atom. The Labute approximate surface area is 89.8 Å². The van der Waals surface area contributed by atoms with Crippen LogP contribution in [0.1, 0.15) is 33.1 Å². The van der Waals surface area contributed by atoms with Crippen molar-refractivity contribution in [1.29, 1.82) is 0 Å². The van der Waals surface area contributed by atoms with Gasteiger partial charge < -0.3 is 4.74 Å². The van der Waals surface area contributed by atoms with Crippen LogP contribution in [-0.4, -0.2) is 18.7 Å². The van der Waals surface area contributed by atoms with E-state index in [4.69, 9.17) is 4.74 Å². The number of ketones is 2. The van der Waals surface area contributed by atoms with Crippen LogP contribution in [0.2, 0.25) is 0 Å². The van der Waals surface area contributed by atoms with Gasteiger partial charge in [0.1, 0.15) is 0 Å². The minimum atomic E-state index is -0.136. The van der Waals surface area contributed by atoms with E-state index in [9.17, 15) is 9.59 Å². The van der Waals surface area contributed by atoms with Crippen molar-refractivity contribution in [3.8, 4) is 0 Å². The number of allylic oxidation sites excluding steroid dienone is 3. The number of carbonyl (C=O) groups excluding carboxylic acids is 2. The molecule has 0 N–H and O–H groups in total. The molecule has 0 saturated heterocycles. The Kier molecular flexibility index (Phi) is 3.83. The maximum Gasteiger partial charge on any atom is 0.224 e. The number of ether oxygens (including phenoxy) is 1. The van der Waals surface area contributed by atoms with E-state index in [1.165, 1.54) is 13.2 Å². The zero-order valence-corrected chi connectivity index (χ0v) is 9.42. The summed E-state index contributed by atoms with van der Waals surface area (Å²) in [7, 11) is 1.42. The second-order valence-corrected chi connectivity index (χ2v) is 3.62. The van der Waals surface area contributed by atoms with Gasteiger partial charge in [-0.2, -0.15) is 0 Å². The molecule has 0 unspecified atom stereocenters. The fourth-order valence-corrected chi connectivity index (χ4v) is 1.56. The molecule has 0 aromatic heterocycles. The summed E-state index contributed by atoms with van der Waals surface area (Å²) in [5.74, 6) is -0.0470. The highest BCUT2D eigenvalue weighted by molar-refractivity contribution is 6.21. The molecule has 3 nitrogen and oxygen atoms in total. The summed E-state index contributed by atoms with van der Waals surface area (Å²) < 4.78 is 4.96. The first-order valence-electron chi connectivity index (χ1n) is 5.16. The van der Waals surface area contributed by atoms with Crippen LogP contribution in [0, 0.1) is 0 Å². The summed E-state index contributed by atoms with van der Waals surface area (Å²) in [4.78, 5) is 23.3. The van der Waals surface area contributed by atoms with Gasteiger partial charge in [0, 0.05) is 11.1 Å². The van der Waals surface area contributed by atoms with Gasteiger partial charge in [-0.05, 0) is 25.8 Å². The van der Waals surface area contributed by atoms with Gasteiger partial charge in [0.25, 0.3) is 0 Å². The molecule has 0 radical (unpaired) electrons. The number of rotatable bonds is 4. The molecule has 0 fully saturated rings. The van der Waals surface area contributed by atoms with Crippen LogP contribution < -0.4 is 0 Å². The second kappa shape index (κ2) is 4.91. The van der Waals surface area contributed by atoms with Crippen molar-refractivity contribution in [3.63, 3.8) is 0 Å². The molecule has 0 spiro atoms. The average Bonchev–Trinajstić information content (AvgIpc) is 2.22. The van der Waals surface area contributed by atoms with E-state index in [-0.39, 0.29) is 17.3 Å². The molecule has 1 aliphatic carbocycles. The van der Waals surface area contributed by atoms with Crippen LogP contribution in [0.25, 0.3) is 0 Å². The number of carbonyl (C=O) groups is 2. The van der Waals surface area contributed by atoms with Gasteiger partial charge >= 0.3 is 0 Å². The SMILES string of the molecule is CCCCC1=CC(=O)C(C)=C(OC)C1=O. The second-order valence-electron chi connectivity index (χ2n) is 3.62. The smallest absolute Gasteiger partial charge is 0.224 e. The van der Waals surface area contributed by atoms with E-state index in [1.807, 2.05) is 6.92 Å². The van der Waals surface area contributed by atoms with Gasteiger partial charge in [0.05, 0.1) is 7.11 Å². The Morgan fingerprint density at radius 2 is 2.00 bits per heavy atom. The third kappa shape index (κ3) is 2.35. The molecule has 1 aliphatic rings. The minimum Gasteiger partial charge on any atom is -0.492 e. The molecule has 0 atom stereocenters. The Bertz CT molecular complexity index is 348. The molecule has 1 rings (SSSR count). The van der Waals surface area contributed by atoms with Crippen LogP contribution in [0.5, 0.6) is 0 Å². The number of hydrogen-bond donors (Lipinski definition) is 0. The van der Waals surface area contributed by atoms with Crippen molar-refractivity contribution in [2.24, 2.45) is 0 Å². The molecule has 0 aromatic carbocycles. The summed E-state index contributed by atoms with van der Waals surface area (Å²) in [6.45, 7) is 3.67. The van der Waals surface area contributed by atoms with Crippen LogP contribution >= 0.6 is 0 Å². The lowest BCUT2D eigenvalue weighted by atomic mass is 9.93. The third-order valence-corrected chi connectivity index (χ3v) is 2.52. The molecule has 15 heavy (non-hydrogen) atoms. The molecular weight excluding hydrogens is 192 g/mol. The van der Waals surface area contributed by atoms with E-state index >= 15 is 0 Å². The zero-order valence-electron chi connectivity index (χ0n) is 9.42. The van der Waals surface area contributed by atoms with Crippen molar-refractivity contribution in [2.45, 2.75) is 33.1 Å². The summed E-state index contributed by atoms with van der Waals surface area (Å²) in [6.07, 6.45) is 4.02. The van der Waals surface area contributed by atoms with Crippen LogP contribution in [-0.2, 0) is 14.3 Å². The standard InChI is InChI=1S/C12H16O3/c1-4-5-6-9-7-10(13)8(2)12(15-3)11(9)14/h7H,4-6H2,1-3H3. The first-order valence-corrected chi connectivity index (χ1v) is 5.16. The maximum atomic E-state index is 11.8. The molecule has 3 heteroatoms. The molecule has 82 valence electrons. The Balaban J connectivity index is 2.91. The third-order valence-electron chi connectivity index (χ3n) is 2.52. The predicted molar refractivity (Wildman–Crippen MR) is 57.3 cm³/mol. The predicted octanol–water partition coefficient (Wildman–Crippen LogP) is 2.18. The molecule has 0 aromatic rings. The Morgan fingerprint density at radius 1 is 1.33 bits per heavy atom. The van der Waals surface area contributed by atoms with Crippen molar-refractivity contribution in [1.82, 2.24) is 0 Å². The highest BCUT2D eigenvalue weighted by atomic mass is 16.5. The molecular formula is C12H16O3. The van der Waals surface area contributed by atoms with Gasteiger partial charge in [-0.3, -0.25) is 9.59 Å². The van der Waals surface area contributed by atoms with Crippen LogP contribution in [0.3, 0.4) is 0 Å². The fraction of sp³-hybridized carbons (Fsp3) is 0.500. The number of unbranched alkanes of at least 4 members (excludes halogenated alkanes) is 1. The average molecular weight is 208 g/mol. The minimum absolute atomic E-state index is 0.113. The zero-order chi connectivity index (χ0) is 11.4. The van der Waals surface area contributed by atoms with E-state index in [2.05, 4.69) is 0 Å². The number of Topliss-reactive ketones (excluding diaryl/α,β-unsaturated/α-hetero) is 1. The molecule has 0 bridgehead atoms. The van der Waals surface area contributed by atoms with Gasteiger partial charge in [-0.15, -0.1) is 0 Å². The lowest BCUT2D eigenvalue weighted by Gasteiger charge is -2.15. The van der Waals surface area contributed by atoms with E-state index < -0.39 is 0 Å².